The van der Waals surface area contributed by atoms with Crippen LogP contribution in [0.2, 0.25) is 0 Å². The lowest BCUT2D eigenvalue weighted by Gasteiger charge is -2.17. The summed E-state index contributed by atoms with van der Waals surface area (Å²) in [7, 11) is 0. The molecule has 144 valence electrons. The van der Waals surface area contributed by atoms with Crippen LogP contribution in [0.5, 0.6) is 11.5 Å². The summed E-state index contributed by atoms with van der Waals surface area (Å²) in [6.07, 6.45) is -0.758. The number of aryl methyl sites for hydroxylation is 4. The van der Waals surface area contributed by atoms with Crippen molar-refractivity contribution >= 4 is 11.8 Å². The summed E-state index contributed by atoms with van der Waals surface area (Å²) >= 11 is 0. The topological polar surface area (TPSA) is 76.7 Å². The summed E-state index contributed by atoms with van der Waals surface area (Å²) in [5, 5.41) is 0. The molecule has 0 spiro atoms. The number of hydrogen-bond acceptors (Lipinski definition) is 4. The Morgan fingerprint density at radius 1 is 0.889 bits per heavy atom. The van der Waals surface area contributed by atoms with Gasteiger partial charge in [0, 0.05) is 0 Å². The molecule has 0 heterocycles. The Kier molecular flexibility index (Phi) is 6.82. The normalized spacial score (nSPS) is 11.4. The average Bonchev–Trinajstić information content (AvgIpc) is 2.61. The molecule has 0 saturated carbocycles. The molecule has 0 bridgehead atoms. The molecule has 0 aliphatic rings. The molecular weight excluding hydrogens is 344 g/mol. The van der Waals surface area contributed by atoms with Crippen LogP contribution in [0.3, 0.4) is 0 Å². The monoisotopic (exact) mass is 370 g/mol. The van der Waals surface area contributed by atoms with Crippen molar-refractivity contribution in [3.8, 4) is 11.5 Å². The van der Waals surface area contributed by atoms with Crippen LogP contribution in [0, 0.1) is 27.7 Å². The summed E-state index contributed by atoms with van der Waals surface area (Å²) in [5.41, 5.74) is 8.73. The van der Waals surface area contributed by atoms with Crippen LogP contribution in [-0.4, -0.2) is 24.5 Å². The van der Waals surface area contributed by atoms with Crippen LogP contribution < -0.4 is 20.3 Å². The van der Waals surface area contributed by atoms with Gasteiger partial charge in [-0.05, 0) is 63.4 Å². The van der Waals surface area contributed by atoms with E-state index < -0.39 is 17.9 Å². The third kappa shape index (κ3) is 6.02. The third-order valence-electron chi connectivity index (χ3n) is 4.03. The second-order valence-electron chi connectivity index (χ2n) is 6.62. The zero-order chi connectivity index (χ0) is 20.0. The van der Waals surface area contributed by atoms with Crippen molar-refractivity contribution in [3.63, 3.8) is 0 Å². The molecule has 1 atom stereocenters. The zero-order valence-corrected chi connectivity index (χ0v) is 16.4. The number of ether oxygens (including phenoxy) is 2. The lowest BCUT2D eigenvalue weighted by molar-refractivity contribution is -0.133. The molecule has 1 unspecified atom stereocenters. The maximum Gasteiger partial charge on any atom is 0.279 e. The minimum absolute atomic E-state index is 0.198. The fourth-order valence-electron chi connectivity index (χ4n) is 2.45. The van der Waals surface area contributed by atoms with Gasteiger partial charge in [-0.25, -0.2) is 0 Å². The van der Waals surface area contributed by atoms with Crippen LogP contribution in [0.1, 0.15) is 29.2 Å². The van der Waals surface area contributed by atoms with Crippen LogP contribution in [0.25, 0.3) is 0 Å². The van der Waals surface area contributed by atoms with Gasteiger partial charge in [-0.1, -0.05) is 29.8 Å². The van der Waals surface area contributed by atoms with Gasteiger partial charge >= 0.3 is 0 Å². The molecule has 0 aromatic heterocycles. The first-order chi connectivity index (χ1) is 12.8. The van der Waals surface area contributed by atoms with E-state index in [4.69, 9.17) is 9.47 Å². The Labute approximate surface area is 159 Å². The highest BCUT2D eigenvalue weighted by molar-refractivity contribution is 5.85. The molecule has 2 aromatic rings. The maximum atomic E-state index is 12.1. The van der Waals surface area contributed by atoms with Crippen LogP contribution in [-0.2, 0) is 9.59 Å². The molecule has 6 nitrogen and oxygen atoms in total. The number of nitrogens with one attached hydrogen (secondary N) is 2. The molecule has 2 amide bonds. The van der Waals surface area contributed by atoms with Gasteiger partial charge in [0.25, 0.3) is 11.8 Å². The maximum absolute atomic E-state index is 12.1. The summed E-state index contributed by atoms with van der Waals surface area (Å²) < 4.78 is 11.2. The van der Waals surface area contributed by atoms with Crippen molar-refractivity contribution in [1.29, 1.82) is 0 Å². The highest BCUT2D eigenvalue weighted by atomic mass is 16.5. The second kappa shape index (κ2) is 9.07. The van der Waals surface area contributed by atoms with E-state index in [9.17, 15) is 9.59 Å². The number of hydrogen-bond donors (Lipinski definition) is 2. The molecule has 2 N–H and O–H groups in total. The van der Waals surface area contributed by atoms with Crippen molar-refractivity contribution in [3.05, 3.63) is 58.7 Å². The second-order valence-corrected chi connectivity index (χ2v) is 6.62. The summed E-state index contributed by atoms with van der Waals surface area (Å²) in [6.45, 7) is 9.18. The zero-order valence-electron chi connectivity index (χ0n) is 16.4. The number of benzene rings is 2. The first kappa shape index (κ1) is 20.3. The Morgan fingerprint density at radius 3 is 2.26 bits per heavy atom. The Hall–Kier alpha value is -3.02. The lowest BCUT2D eigenvalue weighted by atomic mass is 10.1. The Balaban J connectivity index is 1.80. The standard InChI is InChI=1S/C21H26N2O4/c1-13-7-9-18(16(4)10-13)26-12-20(24)22-23-21(25)17(5)27-19-11-14(2)6-8-15(19)3/h6-11,17H,12H2,1-5H3,(H,22,24)(H,23,25). The van der Waals surface area contributed by atoms with Gasteiger partial charge in [0.15, 0.2) is 12.7 Å². The molecule has 27 heavy (non-hydrogen) atoms. The van der Waals surface area contributed by atoms with E-state index in [-0.39, 0.29) is 6.61 Å². The van der Waals surface area contributed by atoms with Gasteiger partial charge in [-0.3, -0.25) is 20.4 Å². The highest BCUT2D eigenvalue weighted by Gasteiger charge is 2.16. The predicted octanol–water partition coefficient (Wildman–Crippen LogP) is 2.91. The van der Waals surface area contributed by atoms with Gasteiger partial charge in [0.05, 0.1) is 0 Å². The molecule has 0 aliphatic carbocycles. The minimum Gasteiger partial charge on any atom is -0.483 e. The molecule has 6 heteroatoms. The quantitative estimate of drug-likeness (QED) is 0.767. The van der Waals surface area contributed by atoms with Gasteiger partial charge in [-0.15, -0.1) is 0 Å². The molecular formula is C21H26N2O4. The first-order valence-corrected chi connectivity index (χ1v) is 8.79. The SMILES string of the molecule is Cc1ccc(OCC(=O)NNC(=O)C(C)Oc2cc(C)ccc2C)c(C)c1. The van der Waals surface area contributed by atoms with Gasteiger partial charge in [0.1, 0.15) is 11.5 Å². The van der Waals surface area contributed by atoms with E-state index in [1.54, 1.807) is 6.92 Å². The van der Waals surface area contributed by atoms with Crippen LogP contribution in [0.15, 0.2) is 36.4 Å². The number of hydrazine groups is 1. The molecule has 0 radical (unpaired) electrons. The van der Waals surface area contributed by atoms with E-state index in [2.05, 4.69) is 10.9 Å². The number of carbonyl (C=O) groups excluding carboxylic acids is 2. The molecule has 2 aromatic carbocycles. The van der Waals surface area contributed by atoms with E-state index in [1.807, 2.05) is 64.1 Å². The lowest BCUT2D eigenvalue weighted by Crippen LogP contribution is -2.48. The molecule has 0 saturated heterocycles. The largest absolute Gasteiger partial charge is 0.483 e. The molecule has 0 aliphatic heterocycles. The number of amides is 2. The molecule has 0 fully saturated rings. The van der Waals surface area contributed by atoms with E-state index in [0.29, 0.717) is 11.5 Å². The summed E-state index contributed by atoms with van der Waals surface area (Å²) in [4.78, 5) is 24.0. The smallest absolute Gasteiger partial charge is 0.279 e. The average molecular weight is 370 g/mol. The van der Waals surface area contributed by atoms with Crippen LogP contribution in [0.4, 0.5) is 0 Å². The number of rotatable bonds is 6. The Bertz CT molecular complexity index is 833. The van der Waals surface area contributed by atoms with Gasteiger partial charge in [-0.2, -0.15) is 0 Å². The van der Waals surface area contributed by atoms with Crippen molar-refractivity contribution < 1.29 is 19.1 Å². The van der Waals surface area contributed by atoms with Crippen molar-refractivity contribution in [1.82, 2.24) is 10.9 Å². The molecule has 2 rings (SSSR count). The highest BCUT2D eigenvalue weighted by Crippen LogP contribution is 2.20. The van der Waals surface area contributed by atoms with Crippen molar-refractivity contribution in [2.45, 2.75) is 40.7 Å². The predicted molar refractivity (Wildman–Crippen MR) is 104 cm³/mol. The summed E-state index contributed by atoms with van der Waals surface area (Å²) in [6, 6.07) is 11.5. The van der Waals surface area contributed by atoms with Gasteiger partial charge in [0.2, 0.25) is 0 Å². The fourth-order valence-corrected chi connectivity index (χ4v) is 2.45. The van der Waals surface area contributed by atoms with Crippen molar-refractivity contribution in [2.75, 3.05) is 6.61 Å². The first-order valence-electron chi connectivity index (χ1n) is 8.79. The van der Waals surface area contributed by atoms with Gasteiger partial charge < -0.3 is 9.47 Å². The van der Waals surface area contributed by atoms with Crippen molar-refractivity contribution in [2.24, 2.45) is 0 Å². The summed E-state index contributed by atoms with van der Waals surface area (Å²) in [5.74, 6) is 0.369. The minimum atomic E-state index is -0.758. The van der Waals surface area contributed by atoms with E-state index in [0.717, 1.165) is 22.3 Å². The Morgan fingerprint density at radius 2 is 1.56 bits per heavy atom. The van der Waals surface area contributed by atoms with E-state index >= 15 is 0 Å². The van der Waals surface area contributed by atoms with E-state index in [1.165, 1.54) is 0 Å². The fraction of sp³-hybridized carbons (Fsp3) is 0.333. The number of carbonyl (C=O) groups is 2. The van der Waals surface area contributed by atoms with Crippen LogP contribution >= 0.6 is 0 Å². The third-order valence-corrected chi connectivity index (χ3v) is 4.03.